The summed E-state index contributed by atoms with van der Waals surface area (Å²) in [6.45, 7) is 4.15. The summed E-state index contributed by atoms with van der Waals surface area (Å²) in [6, 6.07) is 22.8. The molecule has 0 unspecified atom stereocenters. The molecule has 0 radical (unpaired) electrons. The van der Waals surface area contributed by atoms with Gasteiger partial charge in [-0.25, -0.2) is 5.06 Å². The average Bonchev–Trinajstić information content (AvgIpc) is 3.28. The number of carbonyl (C=O) groups excluding carboxylic acids is 1. The van der Waals surface area contributed by atoms with E-state index in [1.807, 2.05) is 74.5 Å². The third kappa shape index (κ3) is 2.94. The molecule has 6 rings (SSSR count). The van der Waals surface area contributed by atoms with Crippen LogP contribution < -0.4 is 5.06 Å². The molecule has 7 heteroatoms. The van der Waals surface area contributed by atoms with Crippen LogP contribution in [0.15, 0.2) is 77.7 Å². The molecule has 0 bridgehead atoms. The highest BCUT2D eigenvalue weighted by Gasteiger charge is 2.74. The zero-order chi connectivity index (χ0) is 23.4. The molecule has 3 aliphatic rings. The van der Waals surface area contributed by atoms with E-state index in [-0.39, 0.29) is 0 Å². The molecule has 0 amide bonds. The number of cyclic esters (lactones) is 1. The molecule has 0 aliphatic carbocycles. The summed E-state index contributed by atoms with van der Waals surface area (Å²) in [5.41, 5.74) is 4.97. The average molecular weight is 476 g/mol. The van der Waals surface area contributed by atoms with Gasteiger partial charge in [-0.05, 0) is 55.2 Å². The Hall–Kier alpha value is -3.00. The van der Waals surface area contributed by atoms with Crippen LogP contribution in [0.2, 0.25) is 0 Å². The maximum Gasteiger partial charge on any atom is 0.333 e. The third-order valence-electron chi connectivity index (χ3n) is 6.91. The number of anilines is 1. The molecular formula is C27H25NO5S. The van der Waals surface area contributed by atoms with Crippen LogP contribution in [-0.2, 0) is 36.3 Å². The Balaban J connectivity index is 1.62. The van der Waals surface area contributed by atoms with Crippen LogP contribution in [0, 0.1) is 6.92 Å². The minimum absolute atomic E-state index is 0.336. The third-order valence-corrected chi connectivity index (χ3v) is 8.85. The van der Waals surface area contributed by atoms with E-state index in [1.165, 1.54) is 0 Å². The lowest BCUT2D eigenvalue weighted by Gasteiger charge is -2.32. The molecule has 34 heavy (non-hydrogen) atoms. The first kappa shape index (κ1) is 21.5. The standard InChI is InChI=1S/C27H25NO5S/c1-3-31-25-24-27(26(29)32-25,34(30)20-14-12-17(2)13-15-20)23-21-10-6-4-8-18(21)16-19-9-5-7-11-22(19)28(23)33-24/h4-15,23-25H,3,16H2,1-2H3/t23-,24-,25+,27+,34+/m1/s1. The maximum atomic E-state index is 14.5. The first-order valence-corrected chi connectivity index (χ1v) is 12.6. The molecular weight excluding hydrogens is 450 g/mol. The van der Waals surface area contributed by atoms with Gasteiger partial charge in [0.25, 0.3) is 0 Å². The van der Waals surface area contributed by atoms with Gasteiger partial charge >= 0.3 is 5.97 Å². The van der Waals surface area contributed by atoms with E-state index in [4.69, 9.17) is 14.3 Å². The van der Waals surface area contributed by atoms with Crippen LogP contribution in [0.25, 0.3) is 0 Å². The molecule has 2 saturated heterocycles. The van der Waals surface area contributed by atoms with E-state index in [0.717, 1.165) is 27.9 Å². The van der Waals surface area contributed by atoms with Crippen LogP contribution >= 0.6 is 0 Å². The Labute approximate surface area is 200 Å². The number of benzene rings is 3. The second-order valence-corrected chi connectivity index (χ2v) is 10.5. The predicted molar refractivity (Wildman–Crippen MR) is 128 cm³/mol. The fraction of sp³-hybridized carbons (Fsp3) is 0.296. The van der Waals surface area contributed by atoms with E-state index in [9.17, 15) is 9.00 Å². The van der Waals surface area contributed by atoms with E-state index >= 15 is 0 Å². The van der Waals surface area contributed by atoms with Crippen LogP contribution in [0.4, 0.5) is 5.69 Å². The van der Waals surface area contributed by atoms with Crippen molar-refractivity contribution < 1.29 is 23.3 Å². The second kappa shape index (κ2) is 8.05. The summed E-state index contributed by atoms with van der Waals surface area (Å²) in [6.07, 6.45) is -1.13. The minimum atomic E-state index is -1.78. The van der Waals surface area contributed by atoms with Crippen molar-refractivity contribution in [2.45, 2.75) is 48.3 Å². The summed E-state index contributed by atoms with van der Waals surface area (Å²) in [4.78, 5) is 20.9. The predicted octanol–water partition coefficient (Wildman–Crippen LogP) is 4.23. The number of rotatable bonds is 4. The van der Waals surface area contributed by atoms with Gasteiger partial charge in [-0.2, -0.15) is 0 Å². The number of carbonyl (C=O) groups is 1. The van der Waals surface area contributed by atoms with Crippen molar-refractivity contribution in [3.8, 4) is 0 Å². The Bertz CT molecular complexity index is 1290. The minimum Gasteiger partial charge on any atom is -0.431 e. The fourth-order valence-electron chi connectivity index (χ4n) is 5.35. The van der Waals surface area contributed by atoms with Crippen molar-refractivity contribution in [2.75, 3.05) is 11.7 Å². The van der Waals surface area contributed by atoms with Crippen LogP contribution in [0.3, 0.4) is 0 Å². The van der Waals surface area contributed by atoms with E-state index < -0.39 is 40.0 Å². The lowest BCUT2D eigenvalue weighted by Crippen LogP contribution is -2.51. The molecule has 3 aliphatic heterocycles. The molecule has 0 N–H and O–H groups in total. The van der Waals surface area contributed by atoms with Crippen molar-refractivity contribution in [3.63, 3.8) is 0 Å². The molecule has 174 valence electrons. The Morgan fingerprint density at radius 2 is 1.74 bits per heavy atom. The summed E-state index contributed by atoms with van der Waals surface area (Å²) in [7, 11) is -1.78. The zero-order valence-electron chi connectivity index (χ0n) is 19.0. The summed E-state index contributed by atoms with van der Waals surface area (Å²) in [5, 5.41) is 1.78. The Kier molecular flexibility index (Phi) is 5.09. The highest BCUT2D eigenvalue weighted by atomic mass is 32.2. The second-order valence-electron chi connectivity index (χ2n) is 8.86. The first-order valence-electron chi connectivity index (χ1n) is 11.5. The normalized spacial score (nSPS) is 27.8. The van der Waals surface area contributed by atoms with Crippen molar-refractivity contribution in [3.05, 3.63) is 95.1 Å². The molecule has 5 atom stereocenters. The number of aryl methyl sites for hydroxylation is 1. The molecule has 3 aromatic rings. The highest BCUT2D eigenvalue weighted by Crippen LogP contribution is 2.57. The molecule has 0 spiro atoms. The van der Waals surface area contributed by atoms with E-state index in [1.54, 1.807) is 5.06 Å². The van der Waals surface area contributed by atoms with Crippen molar-refractivity contribution in [1.29, 1.82) is 0 Å². The van der Waals surface area contributed by atoms with Crippen LogP contribution in [0.5, 0.6) is 0 Å². The van der Waals surface area contributed by atoms with Gasteiger partial charge in [-0.3, -0.25) is 13.8 Å². The smallest absolute Gasteiger partial charge is 0.333 e. The number of esters is 1. The number of fused-ring (bicyclic) bond motifs is 7. The first-order chi connectivity index (χ1) is 16.6. The zero-order valence-corrected chi connectivity index (χ0v) is 19.8. The van der Waals surface area contributed by atoms with Gasteiger partial charge in [0.15, 0.2) is 6.10 Å². The SMILES string of the molecule is CCO[C@H]1OC(=O)[C@@]2([S@@](=O)c3ccc(C)cc3)[C@@H]1ON1c3ccccc3Cc3ccccc3[C@@H]12. The maximum absolute atomic E-state index is 14.5. The van der Waals surface area contributed by atoms with Crippen LogP contribution in [-0.4, -0.2) is 33.9 Å². The summed E-state index contributed by atoms with van der Waals surface area (Å²) in [5.74, 6) is -0.559. The molecule has 3 heterocycles. The summed E-state index contributed by atoms with van der Waals surface area (Å²) < 4.78 is 24.5. The van der Waals surface area contributed by atoms with Gasteiger partial charge in [0.1, 0.15) is 6.04 Å². The Morgan fingerprint density at radius 3 is 2.50 bits per heavy atom. The van der Waals surface area contributed by atoms with Crippen molar-refractivity contribution in [1.82, 2.24) is 0 Å². The number of hydrogen-bond donors (Lipinski definition) is 0. The van der Waals surface area contributed by atoms with Crippen LogP contribution in [0.1, 0.15) is 35.2 Å². The summed E-state index contributed by atoms with van der Waals surface area (Å²) >= 11 is 0. The molecule has 2 fully saturated rings. The van der Waals surface area contributed by atoms with Crippen molar-refractivity contribution >= 4 is 22.5 Å². The number of ether oxygens (including phenoxy) is 2. The van der Waals surface area contributed by atoms with Gasteiger partial charge in [0.05, 0.1) is 16.5 Å². The van der Waals surface area contributed by atoms with E-state index in [0.29, 0.717) is 17.9 Å². The molecule has 0 saturated carbocycles. The van der Waals surface area contributed by atoms with E-state index in [2.05, 4.69) is 12.1 Å². The van der Waals surface area contributed by atoms with Gasteiger partial charge in [-0.1, -0.05) is 60.2 Å². The molecule has 3 aromatic carbocycles. The Morgan fingerprint density at radius 1 is 1.03 bits per heavy atom. The number of hydroxylamine groups is 1. The number of nitrogens with zero attached hydrogens (tertiary/aromatic N) is 1. The lowest BCUT2D eigenvalue weighted by molar-refractivity contribution is -0.178. The quantitative estimate of drug-likeness (QED) is 0.527. The van der Waals surface area contributed by atoms with Gasteiger partial charge in [0, 0.05) is 11.5 Å². The topological polar surface area (TPSA) is 65.1 Å². The molecule has 0 aromatic heterocycles. The largest absolute Gasteiger partial charge is 0.431 e. The van der Waals surface area contributed by atoms with Gasteiger partial charge in [0.2, 0.25) is 11.0 Å². The highest BCUT2D eigenvalue weighted by molar-refractivity contribution is 7.87. The fourth-order valence-corrected chi connectivity index (χ4v) is 7.11. The number of hydrogen-bond acceptors (Lipinski definition) is 6. The monoisotopic (exact) mass is 475 g/mol. The lowest BCUT2D eigenvalue weighted by atomic mass is 9.87. The van der Waals surface area contributed by atoms with Gasteiger partial charge in [-0.15, -0.1) is 0 Å². The van der Waals surface area contributed by atoms with Gasteiger partial charge < -0.3 is 9.47 Å². The molecule has 6 nitrogen and oxygen atoms in total. The number of para-hydroxylation sites is 1. The van der Waals surface area contributed by atoms with Crippen molar-refractivity contribution in [2.24, 2.45) is 0 Å².